The van der Waals surface area contributed by atoms with Crippen LogP contribution in [0.3, 0.4) is 0 Å². The second kappa shape index (κ2) is 4.85. The van der Waals surface area contributed by atoms with Gasteiger partial charge < -0.3 is 4.74 Å². The van der Waals surface area contributed by atoms with Crippen molar-refractivity contribution in [2.24, 2.45) is 0 Å². The lowest BCUT2D eigenvalue weighted by Gasteiger charge is -2.06. The van der Waals surface area contributed by atoms with Gasteiger partial charge in [-0.1, -0.05) is 33.6 Å². The van der Waals surface area contributed by atoms with E-state index in [2.05, 4.69) is 20.9 Å². The van der Waals surface area contributed by atoms with Crippen LogP contribution in [0.25, 0.3) is 0 Å². The van der Waals surface area contributed by atoms with Gasteiger partial charge in [0.15, 0.2) is 0 Å². The number of pyridine rings is 1. The van der Waals surface area contributed by atoms with Gasteiger partial charge in [-0.15, -0.1) is 0 Å². The zero-order valence-electron chi connectivity index (χ0n) is 8.58. The summed E-state index contributed by atoms with van der Waals surface area (Å²) in [5.41, 5.74) is 0.897. The fraction of sp³-hybridized carbons (Fsp3) is 0.0833. The predicted octanol–water partition coefficient (Wildman–Crippen LogP) is 4.60. The Bertz CT molecular complexity index is 516. The summed E-state index contributed by atoms with van der Waals surface area (Å²) in [6.07, 6.45) is 1.61. The number of nitrogens with zero attached hydrogens (tertiary/aromatic N) is 1. The van der Waals surface area contributed by atoms with Crippen molar-refractivity contribution >= 4 is 27.5 Å². The number of aromatic nitrogens is 1. The standard InChI is InChI=1S/C12H9BrClNO/c1-8-5-11(7-15-12(8)14)16-10-4-2-3-9(13)6-10/h2-7H,1H3. The fourth-order valence-electron chi connectivity index (χ4n) is 1.25. The van der Waals surface area contributed by atoms with Crippen molar-refractivity contribution in [2.75, 3.05) is 0 Å². The third-order valence-corrected chi connectivity index (χ3v) is 2.91. The number of aryl methyl sites for hydroxylation is 1. The number of ether oxygens (including phenoxy) is 1. The zero-order chi connectivity index (χ0) is 11.5. The maximum absolute atomic E-state index is 5.83. The molecule has 2 nitrogen and oxygen atoms in total. The molecule has 1 aromatic heterocycles. The van der Waals surface area contributed by atoms with Crippen molar-refractivity contribution in [3.05, 3.63) is 51.7 Å². The third kappa shape index (κ3) is 2.74. The second-order valence-electron chi connectivity index (χ2n) is 3.34. The first-order valence-electron chi connectivity index (χ1n) is 4.71. The summed E-state index contributed by atoms with van der Waals surface area (Å²) in [4.78, 5) is 4.03. The molecule has 0 unspecified atom stereocenters. The van der Waals surface area contributed by atoms with Crippen LogP contribution in [0.5, 0.6) is 11.5 Å². The van der Waals surface area contributed by atoms with E-state index in [0.717, 1.165) is 15.8 Å². The summed E-state index contributed by atoms with van der Waals surface area (Å²) >= 11 is 9.22. The van der Waals surface area contributed by atoms with Crippen molar-refractivity contribution in [3.63, 3.8) is 0 Å². The lowest BCUT2D eigenvalue weighted by Crippen LogP contribution is -1.87. The molecule has 0 amide bonds. The first kappa shape index (κ1) is 11.4. The first-order valence-corrected chi connectivity index (χ1v) is 5.88. The van der Waals surface area contributed by atoms with Crippen LogP contribution in [0, 0.1) is 6.92 Å². The van der Waals surface area contributed by atoms with Crippen molar-refractivity contribution in [1.29, 1.82) is 0 Å². The van der Waals surface area contributed by atoms with E-state index in [9.17, 15) is 0 Å². The quantitative estimate of drug-likeness (QED) is 0.756. The van der Waals surface area contributed by atoms with Crippen LogP contribution >= 0.6 is 27.5 Å². The monoisotopic (exact) mass is 297 g/mol. The predicted molar refractivity (Wildman–Crippen MR) is 68.2 cm³/mol. The van der Waals surface area contributed by atoms with Crippen LogP contribution in [0.2, 0.25) is 5.15 Å². The van der Waals surface area contributed by atoms with E-state index in [1.54, 1.807) is 6.20 Å². The van der Waals surface area contributed by atoms with E-state index in [0.29, 0.717) is 10.9 Å². The van der Waals surface area contributed by atoms with E-state index >= 15 is 0 Å². The number of benzene rings is 1. The molecule has 2 aromatic rings. The lowest BCUT2D eigenvalue weighted by molar-refractivity contribution is 0.479. The molecule has 0 aliphatic heterocycles. The summed E-state index contributed by atoms with van der Waals surface area (Å²) < 4.78 is 6.62. The summed E-state index contributed by atoms with van der Waals surface area (Å²) in [7, 11) is 0. The molecule has 1 heterocycles. The Morgan fingerprint density at radius 2 is 2.06 bits per heavy atom. The van der Waals surface area contributed by atoms with Gasteiger partial charge in [0.25, 0.3) is 0 Å². The third-order valence-electron chi connectivity index (χ3n) is 2.02. The molecule has 1 aromatic carbocycles. The van der Waals surface area contributed by atoms with Gasteiger partial charge in [-0.25, -0.2) is 4.98 Å². The van der Waals surface area contributed by atoms with Crippen LogP contribution in [0.1, 0.15) is 5.56 Å². The minimum absolute atomic E-state index is 0.501. The summed E-state index contributed by atoms with van der Waals surface area (Å²) in [5, 5.41) is 0.501. The molecular formula is C12H9BrClNO. The Labute approximate surface area is 107 Å². The molecule has 2 rings (SSSR count). The highest BCUT2D eigenvalue weighted by Gasteiger charge is 2.01. The molecule has 0 saturated heterocycles. The normalized spacial score (nSPS) is 10.2. The van der Waals surface area contributed by atoms with Crippen molar-refractivity contribution in [2.45, 2.75) is 6.92 Å². The van der Waals surface area contributed by atoms with Gasteiger partial charge in [0.2, 0.25) is 0 Å². The molecular weight excluding hydrogens is 289 g/mol. The summed E-state index contributed by atoms with van der Waals surface area (Å²) in [5.74, 6) is 1.44. The van der Waals surface area contributed by atoms with Crippen LogP contribution in [-0.2, 0) is 0 Å². The van der Waals surface area contributed by atoms with Gasteiger partial charge in [-0.05, 0) is 36.8 Å². The SMILES string of the molecule is Cc1cc(Oc2cccc(Br)c2)cnc1Cl. The van der Waals surface area contributed by atoms with Gasteiger partial charge in [0, 0.05) is 4.47 Å². The van der Waals surface area contributed by atoms with Crippen LogP contribution in [-0.4, -0.2) is 4.98 Å². The van der Waals surface area contributed by atoms with E-state index in [1.165, 1.54) is 0 Å². The molecule has 0 spiro atoms. The van der Waals surface area contributed by atoms with Crippen molar-refractivity contribution in [1.82, 2.24) is 4.98 Å². The maximum atomic E-state index is 5.83. The molecule has 0 radical (unpaired) electrons. The average Bonchev–Trinajstić information content (AvgIpc) is 2.24. The van der Waals surface area contributed by atoms with Gasteiger partial charge in [-0.3, -0.25) is 0 Å². The lowest BCUT2D eigenvalue weighted by atomic mass is 10.3. The number of rotatable bonds is 2. The van der Waals surface area contributed by atoms with Crippen molar-refractivity contribution in [3.8, 4) is 11.5 Å². The molecule has 0 aliphatic carbocycles. The Hall–Kier alpha value is -1.06. The zero-order valence-corrected chi connectivity index (χ0v) is 10.9. The van der Waals surface area contributed by atoms with Gasteiger partial charge in [0.05, 0.1) is 6.20 Å². The highest BCUT2D eigenvalue weighted by Crippen LogP contribution is 2.25. The highest BCUT2D eigenvalue weighted by molar-refractivity contribution is 9.10. The van der Waals surface area contributed by atoms with Gasteiger partial charge in [0.1, 0.15) is 16.7 Å². The molecule has 0 bridgehead atoms. The van der Waals surface area contributed by atoms with E-state index in [1.807, 2.05) is 37.3 Å². The van der Waals surface area contributed by atoms with Gasteiger partial charge in [-0.2, -0.15) is 0 Å². The number of hydrogen-bond donors (Lipinski definition) is 0. The largest absolute Gasteiger partial charge is 0.456 e. The molecule has 4 heteroatoms. The number of halogens is 2. The molecule has 0 atom stereocenters. The minimum atomic E-state index is 0.501. The second-order valence-corrected chi connectivity index (χ2v) is 4.61. The summed E-state index contributed by atoms with van der Waals surface area (Å²) in [6.45, 7) is 1.89. The Balaban J connectivity index is 2.24. The van der Waals surface area contributed by atoms with E-state index in [-0.39, 0.29) is 0 Å². The van der Waals surface area contributed by atoms with Crippen LogP contribution < -0.4 is 4.74 Å². The molecule has 0 fully saturated rings. The average molecular weight is 299 g/mol. The maximum Gasteiger partial charge on any atom is 0.146 e. The first-order chi connectivity index (χ1) is 7.65. The topological polar surface area (TPSA) is 22.1 Å². The van der Waals surface area contributed by atoms with Gasteiger partial charge >= 0.3 is 0 Å². The Kier molecular flexibility index (Phi) is 3.46. The molecule has 0 aliphatic rings. The Morgan fingerprint density at radius 1 is 1.25 bits per heavy atom. The highest BCUT2D eigenvalue weighted by atomic mass is 79.9. The molecule has 82 valence electrons. The van der Waals surface area contributed by atoms with E-state index in [4.69, 9.17) is 16.3 Å². The van der Waals surface area contributed by atoms with Crippen molar-refractivity contribution < 1.29 is 4.74 Å². The minimum Gasteiger partial charge on any atom is -0.456 e. The molecule has 0 saturated carbocycles. The molecule has 0 N–H and O–H groups in total. The van der Waals surface area contributed by atoms with Crippen LogP contribution in [0.4, 0.5) is 0 Å². The van der Waals surface area contributed by atoms with E-state index < -0.39 is 0 Å². The molecule has 16 heavy (non-hydrogen) atoms. The smallest absolute Gasteiger partial charge is 0.146 e. The number of hydrogen-bond acceptors (Lipinski definition) is 2. The fourth-order valence-corrected chi connectivity index (χ4v) is 1.74. The summed E-state index contributed by atoms with van der Waals surface area (Å²) in [6, 6.07) is 9.49. The Morgan fingerprint density at radius 3 is 2.75 bits per heavy atom. The van der Waals surface area contributed by atoms with Crippen LogP contribution in [0.15, 0.2) is 41.0 Å².